The number of rotatable bonds is 11. The van der Waals surface area contributed by atoms with E-state index in [1.165, 1.54) is 5.56 Å². The van der Waals surface area contributed by atoms with Crippen LogP contribution in [0.4, 0.5) is 4.79 Å². The lowest BCUT2D eigenvalue weighted by Crippen LogP contribution is -2.50. The van der Waals surface area contributed by atoms with Gasteiger partial charge in [0.2, 0.25) is 0 Å². The lowest BCUT2D eigenvalue weighted by Gasteiger charge is -2.31. The highest BCUT2D eigenvalue weighted by molar-refractivity contribution is 5.68. The lowest BCUT2D eigenvalue weighted by atomic mass is 10.0. The van der Waals surface area contributed by atoms with Crippen molar-refractivity contribution in [2.24, 2.45) is 5.92 Å². The van der Waals surface area contributed by atoms with Crippen molar-refractivity contribution in [3.05, 3.63) is 71.3 Å². The first kappa shape index (κ1) is 27.1. The van der Waals surface area contributed by atoms with Crippen LogP contribution < -0.4 is 5.32 Å². The maximum absolute atomic E-state index is 13.0. The van der Waals surface area contributed by atoms with Crippen molar-refractivity contribution in [3.8, 4) is 0 Å². The monoisotopic (exact) mass is 524 g/mol. The van der Waals surface area contributed by atoms with E-state index in [-0.39, 0.29) is 31.0 Å². The van der Waals surface area contributed by atoms with Gasteiger partial charge in [-0.25, -0.2) is 4.79 Å². The molecule has 2 saturated heterocycles. The van der Waals surface area contributed by atoms with Crippen molar-refractivity contribution in [3.63, 3.8) is 0 Å². The third kappa shape index (κ3) is 7.33. The number of hydrogen-bond donors (Lipinski definition) is 2. The molecule has 2 aromatic carbocycles. The fourth-order valence-electron chi connectivity index (χ4n) is 5.60. The molecule has 2 aromatic rings. The van der Waals surface area contributed by atoms with Crippen molar-refractivity contribution in [1.29, 1.82) is 0 Å². The summed E-state index contributed by atoms with van der Waals surface area (Å²) < 4.78 is 16.9. The van der Waals surface area contributed by atoms with Gasteiger partial charge in [-0.1, -0.05) is 73.0 Å². The number of hydroxylamine groups is 2. The summed E-state index contributed by atoms with van der Waals surface area (Å²) in [5.41, 5.74) is 3.33. The van der Waals surface area contributed by atoms with Crippen LogP contribution in [0.2, 0.25) is 0 Å². The third-order valence-electron chi connectivity index (χ3n) is 7.78. The Bertz CT molecular complexity index is 1010. The minimum absolute atomic E-state index is 0.0584. The van der Waals surface area contributed by atoms with E-state index < -0.39 is 18.2 Å². The lowest BCUT2D eigenvalue weighted by molar-refractivity contribution is -0.214. The Hall–Kier alpha value is -2.49. The second kappa shape index (κ2) is 13.0. The summed E-state index contributed by atoms with van der Waals surface area (Å²) in [5, 5.41) is 16.3. The summed E-state index contributed by atoms with van der Waals surface area (Å²) >= 11 is 0. The maximum atomic E-state index is 13.0. The molecular weight excluding hydrogens is 484 g/mol. The third-order valence-corrected chi connectivity index (χ3v) is 7.78. The number of carbonyl (C=O) groups is 1. The molecule has 2 N–H and O–H groups in total. The molecule has 5 atom stereocenters. The molecule has 5 rings (SSSR count). The van der Waals surface area contributed by atoms with Gasteiger partial charge in [0, 0.05) is 6.54 Å². The number of aryl methyl sites for hydroxylation is 1. The molecule has 1 amide bonds. The number of aliphatic hydroxyl groups is 1. The zero-order valence-corrected chi connectivity index (χ0v) is 22.2. The smallest absolute Gasteiger partial charge is 0.407 e. The summed E-state index contributed by atoms with van der Waals surface area (Å²) in [4.78, 5) is 19.4. The number of carbonyl (C=O) groups excluding carboxylic acids is 1. The minimum atomic E-state index is -0.878. The molecule has 1 saturated carbocycles. The summed E-state index contributed by atoms with van der Waals surface area (Å²) in [7, 11) is 0. The van der Waals surface area contributed by atoms with Crippen molar-refractivity contribution in [2.45, 2.75) is 82.6 Å². The molecule has 0 bridgehead atoms. The summed E-state index contributed by atoms with van der Waals surface area (Å²) in [6, 6.07) is 17.7. The van der Waals surface area contributed by atoms with Gasteiger partial charge in [0.25, 0.3) is 0 Å². The van der Waals surface area contributed by atoms with Gasteiger partial charge in [-0.2, -0.15) is 5.06 Å². The highest BCUT2D eigenvalue weighted by atomic mass is 16.7. The molecule has 3 fully saturated rings. The number of nitrogens with one attached hydrogen (secondary N) is 1. The highest BCUT2D eigenvalue weighted by Gasteiger charge is 2.44. The van der Waals surface area contributed by atoms with Gasteiger partial charge in [-0.05, 0) is 43.7 Å². The average molecular weight is 525 g/mol. The fourth-order valence-corrected chi connectivity index (χ4v) is 5.60. The van der Waals surface area contributed by atoms with Gasteiger partial charge in [0.05, 0.1) is 43.9 Å². The first-order chi connectivity index (χ1) is 18.5. The molecule has 38 heavy (non-hydrogen) atoms. The Kier molecular flexibility index (Phi) is 9.30. The van der Waals surface area contributed by atoms with Crippen LogP contribution in [-0.2, 0) is 32.0 Å². The Balaban J connectivity index is 1.26. The van der Waals surface area contributed by atoms with Crippen molar-refractivity contribution >= 4 is 6.09 Å². The van der Waals surface area contributed by atoms with Crippen LogP contribution in [0.15, 0.2) is 54.6 Å². The number of benzene rings is 2. The number of ether oxygens (including phenoxy) is 3. The van der Waals surface area contributed by atoms with Gasteiger partial charge in [0.1, 0.15) is 6.10 Å². The molecule has 0 aromatic heterocycles. The zero-order valence-electron chi connectivity index (χ0n) is 22.2. The average Bonchev–Trinajstić information content (AvgIpc) is 3.66. The molecule has 8 heteroatoms. The molecule has 3 aliphatic rings. The largest absolute Gasteiger partial charge is 0.443 e. The quantitative estimate of drug-likeness (QED) is 0.427. The molecule has 0 spiro atoms. The van der Waals surface area contributed by atoms with Crippen LogP contribution in [0.1, 0.15) is 48.8 Å². The first-order valence-corrected chi connectivity index (χ1v) is 13.9. The minimum Gasteiger partial charge on any atom is -0.443 e. The van der Waals surface area contributed by atoms with Crippen LogP contribution in [0.25, 0.3) is 0 Å². The van der Waals surface area contributed by atoms with Gasteiger partial charge < -0.3 is 24.6 Å². The standard InChI is InChI=1S/C30H40N2O6/c1-21-11-13-23(14-12-21)18-32(38-24-9-5-6-10-24)19-27(33)26(17-22-7-3-2-4-8-22)31-30(34)37-28-20-36-29-25(28)15-16-35-29/h2-4,7-8,11-14,24-29,33H,5-6,9-10,15-20H2,1H3,(H,31,34). The number of nitrogens with zero attached hydrogens (tertiary/aromatic N) is 1. The Morgan fingerprint density at radius 3 is 2.58 bits per heavy atom. The summed E-state index contributed by atoms with van der Waals surface area (Å²) in [6.45, 7) is 3.82. The zero-order chi connectivity index (χ0) is 26.3. The van der Waals surface area contributed by atoms with Crippen LogP contribution in [-0.4, -0.2) is 66.7 Å². The van der Waals surface area contributed by atoms with Crippen LogP contribution in [0.5, 0.6) is 0 Å². The predicted octanol–water partition coefficient (Wildman–Crippen LogP) is 4.13. The number of fused-ring (bicyclic) bond motifs is 1. The second-order valence-electron chi connectivity index (χ2n) is 10.8. The van der Waals surface area contributed by atoms with Crippen molar-refractivity contribution < 1.29 is 28.9 Å². The topological polar surface area (TPSA) is 89.5 Å². The number of alkyl carbamates (subject to hydrolysis) is 1. The van der Waals surface area contributed by atoms with E-state index in [9.17, 15) is 9.90 Å². The molecule has 0 radical (unpaired) electrons. The van der Waals surface area contributed by atoms with Crippen LogP contribution in [0, 0.1) is 12.8 Å². The SMILES string of the molecule is Cc1ccc(CN(CC(O)C(Cc2ccccc2)NC(=O)OC2COC3OCCC23)OC2CCCC2)cc1. The highest BCUT2D eigenvalue weighted by Crippen LogP contribution is 2.33. The maximum Gasteiger partial charge on any atom is 0.407 e. The number of amides is 1. The number of hydrogen-bond acceptors (Lipinski definition) is 7. The normalized spacial score (nSPS) is 24.9. The second-order valence-corrected chi connectivity index (χ2v) is 10.8. The Morgan fingerprint density at radius 1 is 1.05 bits per heavy atom. The summed E-state index contributed by atoms with van der Waals surface area (Å²) in [5.74, 6) is 0.0584. The van der Waals surface area contributed by atoms with E-state index >= 15 is 0 Å². The molecule has 2 heterocycles. The van der Waals surface area contributed by atoms with Crippen molar-refractivity contribution in [2.75, 3.05) is 19.8 Å². The fraction of sp³-hybridized carbons (Fsp3) is 0.567. The van der Waals surface area contributed by atoms with E-state index in [0.717, 1.165) is 43.2 Å². The van der Waals surface area contributed by atoms with E-state index in [1.807, 2.05) is 35.4 Å². The first-order valence-electron chi connectivity index (χ1n) is 13.9. The van der Waals surface area contributed by atoms with Crippen LogP contribution >= 0.6 is 0 Å². The van der Waals surface area contributed by atoms with E-state index in [2.05, 4.69) is 36.5 Å². The van der Waals surface area contributed by atoms with Gasteiger partial charge in [-0.3, -0.25) is 4.84 Å². The predicted molar refractivity (Wildman–Crippen MR) is 142 cm³/mol. The molecule has 1 aliphatic carbocycles. The van der Waals surface area contributed by atoms with Crippen molar-refractivity contribution in [1.82, 2.24) is 10.4 Å². The molecule has 5 unspecified atom stereocenters. The Labute approximate surface area is 225 Å². The Morgan fingerprint density at radius 2 is 1.82 bits per heavy atom. The molecule has 2 aliphatic heterocycles. The van der Waals surface area contributed by atoms with Gasteiger partial charge in [-0.15, -0.1) is 0 Å². The van der Waals surface area contributed by atoms with Gasteiger partial charge in [0.15, 0.2) is 6.29 Å². The molecule has 8 nitrogen and oxygen atoms in total. The summed E-state index contributed by atoms with van der Waals surface area (Å²) in [6.07, 6.45) is 3.73. The van der Waals surface area contributed by atoms with Crippen LogP contribution in [0.3, 0.4) is 0 Å². The van der Waals surface area contributed by atoms with E-state index in [1.54, 1.807) is 0 Å². The molecular formula is C30H40N2O6. The number of aliphatic hydroxyl groups excluding tert-OH is 1. The van der Waals surface area contributed by atoms with E-state index in [4.69, 9.17) is 19.0 Å². The van der Waals surface area contributed by atoms with E-state index in [0.29, 0.717) is 26.2 Å². The van der Waals surface area contributed by atoms with Gasteiger partial charge >= 0.3 is 6.09 Å². The molecule has 206 valence electrons.